The van der Waals surface area contributed by atoms with Gasteiger partial charge >= 0.3 is 0 Å². The zero-order valence-electron chi connectivity index (χ0n) is 11.8. The molecule has 0 unspecified atom stereocenters. The molecule has 2 N–H and O–H groups in total. The monoisotopic (exact) mass is 292 g/mol. The Morgan fingerprint density at radius 3 is 2.82 bits per heavy atom. The van der Waals surface area contributed by atoms with Crippen LogP contribution < -0.4 is 0 Å². The van der Waals surface area contributed by atoms with E-state index in [0.717, 1.165) is 28.6 Å². The van der Waals surface area contributed by atoms with Crippen LogP contribution in [-0.4, -0.2) is 24.9 Å². The van der Waals surface area contributed by atoms with E-state index in [-0.39, 0.29) is 0 Å². The number of aromatic amines is 2. The van der Waals surface area contributed by atoms with Crippen molar-refractivity contribution in [2.45, 2.75) is 12.8 Å². The van der Waals surface area contributed by atoms with E-state index in [1.54, 1.807) is 18.7 Å². The fraction of sp³-hybridized carbons (Fsp3) is 0.125. The third-order valence-corrected chi connectivity index (χ3v) is 3.50. The van der Waals surface area contributed by atoms with Gasteiger partial charge in [0.2, 0.25) is 0 Å². The molecular formula is C16H14N5O. The summed E-state index contributed by atoms with van der Waals surface area (Å²) in [6.45, 7) is 0. The van der Waals surface area contributed by atoms with Crippen molar-refractivity contribution in [2.24, 2.45) is 0 Å². The summed E-state index contributed by atoms with van der Waals surface area (Å²) in [6.07, 6.45) is 8.03. The van der Waals surface area contributed by atoms with Gasteiger partial charge < -0.3 is 14.4 Å². The highest BCUT2D eigenvalue weighted by molar-refractivity contribution is 5.74. The molecule has 0 saturated carbocycles. The van der Waals surface area contributed by atoms with Gasteiger partial charge in [-0.05, 0) is 12.1 Å². The molecule has 0 spiro atoms. The van der Waals surface area contributed by atoms with Gasteiger partial charge in [0.15, 0.2) is 5.89 Å². The van der Waals surface area contributed by atoms with Crippen molar-refractivity contribution in [1.29, 1.82) is 0 Å². The fourth-order valence-electron chi connectivity index (χ4n) is 2.50. The van der Waals surface area contributed by atoms with E-state index >= 15 is 0 Å². The van der Waals surface area contributed by atoms with Crippen LogP contribution in [0.3, 0.4) is 0 Å². The maximum Gasteiger partial charge on any atom is 0.194 e. The average molecular weight is 292 g/mol. The van der Waals surface area contributed by atoms with Crippen molar-refractivity contribution >= 4 is 11.0 Å². The molecule has 6 heteroatoms. The van der Waals surface area contributed by atoms with Gasteiger partial charge in [-0.2, -0.15) is 0 Å². The normalized spacial score (nSPS) is 11.5. The lowest BCUT2D eigenvalue weighted by molar-refractivity contribution is 0.495. The van der Waals surface area contributed by atoms with E-state index in [4.69, 9.17) is 4.42 Å². The smallest absolute Gasteiger partial charge is 0.194 e. The summed E-state index contributed by atoms with van der Waals surface area (Å²) < 4.78 is 5.35. The second-order valence-corrected chi connectivity index (χ2v) is 5.02. The topological polar surface area (TPSA) is 83.4 Å². The van der Waals surface area contributed by atoms with Gasteiger partial charge in [0.05, 0.1) is 23.1 Å². The molecule has 109 valence electrons. The third-order valence-electron chi connectivity index (χ3n) is 3.50. The third kappa shape index (κ3) is 2.50. The maximum absolute atomic E-state index is 5.35. The Morgan fingerprint density at radius 1 is 1.09 bits per heavy atom. The van der Waals surface area contributed by atoms with Crippen LogP contribution >= 0.6 is 0 Å². The zero-order valence-corrected chi connectivity index (χ0v) is 11.8. The number of nitrogens with one attached hydrogen (secondary N) is 2. The molecule has 0 atom stereocenters. The van der Waals surface area contributed by atoms with E-state index < -0.39 is 0 Å². The highest BCUT2D eigenvalue weighted by atomic mass is 16.3. The minimum Gasteiger partial charge on any atom is -0.449 e. The summed E-state index contributed by atoms with van der Waals surface area (Å²) in [4.78, 5) is 19.6. The number of aromatic nitrogens is 5. The Hall–Kier alpha value is -2.89. The highest BCUT2D eigenvalue weighted by Crippen LogP contribution is 2.21. The summed E-state index contributed by atoms with van der Waals surface area (Å²) in [5, 5.41) is 0. The number of hydrogen-bond acceptors (Lipinski definition) is 4. The second-order valence-electron chi connectivity index (χ2n) is 5.02. The number of para-hydroxylation sites is 2. The molecule has 0 aliphatic rings. The predicted molar refractivity (Wildman–Crippen MR) is 80.9 cm³/mol. The average Bonchev–Trinajstić information content (AvgIpc) is 3.27. The van der Waals surface area contributed by atoms with E-state index in [2.05, 4.69) is 24.9 Å². The minimum atomic E-state index is 0.595. The Kier molecular flexibility index (Phi) is 3.19. The first-order valence-corrected chi connectivity index (χ1v) is 7.05. The number of fused-ring (bicyclic) bond motifs is 1. The number of rotatable bonds is 5. The van der Waals surface area contributed by atoms with Crippen LogP contribution in [0, 0.1) is 5.92 Å². The lowest BCUT2D eigenvalue weighted by Crippen LogP contribution is -2.11. The van der Waals surface area contributed by atoms with Gasteiger partial charge in [0.25, 0.3) is 0 Å². The van der Waals surface area contributed by atoms with Gasteiger partial charge in [0, 0.05) is 25.2 Å². The molecule has 0 fully saturated rings. The number of nitrogens with zero attached hydrogens (tertiary/aromatic N) is 3. The molecule has 1 radical (unpaired) electrons. The Labute approximate surface area is 126 Å². The quantitative estimate of drug-likeness (QED) is 0.592. The summed E-state index contributed by atoms with van der Waals surface area (Å²) in [5.41, 5.74) is 2.00. The fourth-order valence-corrected chi connectivity index (χ4v) is 2.50. The summed E-state index contributed by atoms with van der Waals surface area (Å²) in [7, 11) is 0. The molecule has 0 amide bonds. The lowest BCUT2D eigenvalue weighted by Gasteiger charge is -2.10. The number of imidazole rings is 2. The van der Waals surface area contributed by atoms with Gasteiger partial charge in [-0.15, -0.1) is 0 Å². The maximum atomic E-state index is 5.35. The van der Waals surface area contributed by atoms with Crippen molar-refractivity contribution < 1.29 is 4.42 Å². The molecular weight excluding hydrogens is 278 g/mol. The molecule has 1 aromatic carbocycles. The van der Waals surface area contributed by atoms with Gasteiger partial charge in [0.1, 0.15) is 17.9 Å². The molecule has 4 aromatic rings. The van der Waals surface area contributed by atoms with E-state index in [9.17, 15) is 0 Å². The van der Waals surface area contributed by atoms with Gasteiger partial charge in [-0.3, -0.25) is 0 Å². The van der Waals surface area contributed by atoms with E-state index in [1.165, 1.54) is 0 Å². The van der Waals surface area contributed by atoms with Crippen molar-refractivity contribution in [1.82, 2.24) is 24.9 Å². The van der Waals surface area contributed by atoms with Crippen molar-refractivity contribution in [3.63, 3.8) is 0 Å². The van der Waals surface area contributed by atoms with Crippen LogP contribution in [0.15, 0.2) is 53.5 Å². The first-order chi connectivity index (χ1) is 10.9. The summed E-state index contributed by atoms with van der Waals surface area (Å²) in [5.74, 6) is 3.48. The van der Waals surface area contributed by atoms with Crippen LogP contribution in [0.2, 0.25) is 0 Å². The summed E-state index contributed by atoms with van der Waals surface area (Å²) >= 11 is 0. The molecule has 3 aromatic heterocycles. The van der Waals surface area contributed by atoms with Crippen LogP contribution in [0.4, 0.5) is 0 Å². The highest BCUT2D eigenvalue weighted by Gasteiger charge is 2.20. The molecule has 0 aliphatic heterocycles. The summed E-state index contributed by atoms with van der Waals surface area (Å²) in [6, 6.07) is 7.99. The number of H-pyrrole nitrogens is 2. The van der Waals surface area contributed by atoms with E-state index in [0.29, 0.717) is 18.7 Å². The van der Waals surface area contributed by atoms with Gasteiger partial charge in [-0.1, -0.05) is 12.1 Å². The van der Waals surface area contributed by atoms with Crippen LogP contribution in [0.5, 0.6) is 0 Å². The van der Waals surface area contributed by atoms with Crippen LogP contribution in [0.25, 0.3) is 11.0 Å². The molecule has 22 heavy (non-hydrogen) atoms. The molecule has 0 bridgehead atoms. The Balaban J connectivity index is 1.62. The predicted octanol–water partition coefficient (Wildman–Crippen LogP) is 2.68. The Bertz CT molecular complexity index is 815. The number of hydrogen-bond donors (Lipinski definition) is 2. The van der Waals surface area contributed by atoms with Crippen molar-refractivity contribution in [3.8, 4) is 0 Å². The molecule has 3 heterocycles. The second kappa shape index (κ2) is 5.48. The molecule has 0 aliphatic carbocycles. The first-order valence-electron chi connectivity index (χ1n) is 7.05. The number of benzene rings is 1. The van der Waals surface area contributed by atoms with Crippen molar-refractivity contribution in [2.75, 3.05) is 0 Å². The number of oxazole rings is 1. The lowest BCUT2D eigenvalue weighted by atomic mass is 10.00. The minimum absolute atomic E-state index is 0.595. The largest absolute Gasteiger partial charge is 0.449 e. The Morgan fingerprint density at radius 2 is 2.05 bits per heavy atom. The zero-order chi connectivity index (χ0) is 14.8. The van der Waals surface area contributed by atoms with E-state index in [1.807, 2.05) is 30.5 Å². The molecule has 4 rings (SSSR count). The first kappa shape index (κ1) is 12.8. The van der Waals surface area contributed by atoms with Crippen LogP contribution in [-0.2, 0) is 12.8 Å². The van der Waals surface area contributed by atoms with Gasteiger partial charge in [-0.25, -0.2) is 15.0 Å². The van der Waals surface area contributed by atoms with Crippen LogP contribution in [0.1, 0.15) is 17.5 Å². The molecule has 6 nitrogen and oxygen atoms in total. The molecule has 0 saturated heterocycles. The standard InChI is InChI=1S/C16H14N5O/c1-2-4-13-12(3-1)20-14(21-13)9-11(16-18-5-6-19-16)10-15-17-7-8-22-15/h1-8H,9-10H2,(H,18,19)(H,20,21). The van der Waals surface area contributed by atoms with Crippen molar-refractivity contribution in [3.05, 3.63) is 72.6 Å². The SMILES string of the molecule is c1ccc2[nH]c(C[C](Cc3ncco3)c3ncc[nH]3)nc2c1.